The Morgan fingerprint density at radius 3 is 0.444 bits per heavy atom. The van der Waals surface area contributed by atoms with Gasteiger partial charge in [-0.25, -0.2) is 28.8 Å². The molecule has 0 bridgehead atoms. The average Bonchev–Trinajstić information content (AvgIpc) is 0.849. The van der Waals surface area contributed by atoms with Crippen LogP contribution in [-0.2, 0) is 96.8 Å². The Balaban J connectivity index is 1.28. The maximum absolute atomic E-state index is 15.1. The first kappa shape index (κ1) is 83.0. The molecule has 6 unspecified atom stereocenters. The monoisotopic (exact) mass is 1490 g/mol. The molecule has 0 radical (unpaired) electrons. The van der Waals surface area contributed by atoms with Crippen LogP contribution in [0.5, 0.6) is 0 Å². The highest BCUT2D eigenvalue weighted by Gasteiger charge is 2.34. The zero-order valence-corrected chi connectivity index (χ0v) is 61.5. The van der Waals surface area contributed by atoms with Crippen molar-refractivity contribution in [3.05, 3.63) is 215 Å². The second-order valence-electron chi connectivity index (χ2n) is 25.5. The molecule has 6 N–H and O–H groups in total. The molecule has 30 heteroatoms. The van der Waals surface area contributed by atoms with Gasteiger partial charge in [-0.05, 0) is 74.9 Å². The Bertz CT molecular complexity index is 3220. The lowest BCUT2D eigenvalue weighted by Gasteiger charge is -2.37. The van der Waals surface area contributed by atoms with Gasteiger partial charge < -0.3 is 89.7 Å². The van der Waals surface area contributed by atoms with Crippen LogP contribution in [-0.4, -0.2) is 216 Å². The first-order chi connectivity index (χ1) is 52.0. The smallest absolute Gasteiger partial charge is 0.408 e. The van der Waals surface area contributed by atoms with Crippen molar-refractivity contribution < 1.29 is 86.0 Å². The number of nitrogens with one attached hydrogen (secondary N) is 6. The van der Waals surface area contributed by atoms with E-state index in [9.17, 15) is 28.8 Å². The lowest BCUT2D eigenvalue weighted by molar-refractivity contribution is -0.141. The summed E-state index contributed by atoms with van der Waals surface area (Å²) in [7, 11) is 0. The predicted molar refractivity (Wildman–Crippen MR) is 395 cm³/mol. The third-order valence-electron chi connectivity index (χ3n) is 17.2. The zero-order valence-electron chi connectivity index (χ0n) is 61.5. The molecule has 7 rings (SSSR count). The van der Waals surface area contributed by atoms with Gasteiger partial charge in [-0.1, -0.05) is 182 Å². The molecule has 1 saturated heterocycles. The molecule has 6 atom stereocenters. The van der Waals surface area contributed by atoms with Crippen LogP contribution in [0, 0.1) is 0 Å². The second kappa shape index (κ2) is 43.9. The standard InChI is InChI=1S/C78H96N12O18/c1-55(79-73(97)103-49-61-25-13-7-14-26-61)67(91)85-37-39-86(68(92)56(2)80-74(98)104-50-62-27-15-8-16-28-62)41-43-88(70(94)58(4)82-76(100)106-52-64-31-19-10-20-32-64)45-47-90(72(96)60(6)84-78(102)108-54-66-35-23-12-24-36-66)48-46-89(71(95)59(5)83-77(101)107-53-65-33-21-11-22-34-65)44-42-87(40-38-85)69(93)57(3)81-75(99)105-51-63-29-17-9-18-30-63/h7-36,55-60H,37-54H2,1-6H3,(H,79,97)(H,80,98)(H,81,99)(H,82,100)(H,83,101)(H,84,102). The van der Waals surface area contributed by atoms with E-state index in [0.717, 1.165) is 0 Å². The summed E-state index contributed by atoms with van der Waals surface area (Å²) in [6, 6.07) is 44.6. The summed E-state index contributed by atoms with van der Waals surface area (Å²) in [5.41, 5.74) is 3.92. The third-order valence-corrected chi connectivity index (χ3v) is 17.2. The Morgan fingerprint density at radius 1 is 0.222 bits per heavy atom. The highest BCUT2D eigenvalue weighted by atomic mass is 16.6. The summed E-state index contributed by atoms with van der Waals surface area (Å²) >= 11 is 0. The number of carbonyl (C=O) groups is 12. The SMILES string of the molecule is CC(NC(=O)OCc1ccccc1)C(=O)N1CCN(C(=O)C(C)NC(=O)OCc2ccccc2)CCN(C(=O)C(C)NC(=O)OCc2ccccc2)CCN(C(=O)C(C)NC(=O)OCc2ccccc2)CCN(C(=O)C(C)NC(=O)OCc2ccccc2)CCN(C(=O)C(C)NC(=O)OCc2ccccc2)CC1. The molecule has 0 saturated carbocycles. The zero-order chi connectivity index (χ0) is 77.7. The maximum atomic E-state index is 15.1. The summed E-state index contributed by atoms with van der Waals surface area (Å²) in [5.74, 6) is -4.43. The van der Waals surface area contributed by atoms with E-state index in [1.165, 1.54) is 70.9 Å². The molecule has 1 aliphatic heterocycles. The van der Waals surface area contributed by atoms with Crippen LogP contribution in [0.2, 0.25) is 0 Å². The summed E-state index contributed by atoms with van der Waals surface area (Å²) in [5, 5.41) is 15.4. The lowest BCUT2D eigenvalue weighted by Crippen LogP contribution is -2.57. The molecule has 108 heavy (non-hydrogen) atoms. The molecule has 6 aromatic carbocycles. The molecule has 0 aliphatic carbocycles. The van der Waals surface area contributed by atoms with Gasteiger partial charge in [0, 0.05) is 78.5 Å². The molecule has 30 nitrogen and oxygen atoms in total. The van der Waals surface area contributed by atoms with Gasteiger partial charge in [-0.2, -0.15) is 0 Å². The fourth-order valence-electron chi connectivity index (χ4n) is 11.1. The minimum atomic E-state index is -1.34. The molecule has 6 aromatic rings. The number of benzene rings is 6. The van der Waals surface area contributed by atoms with Crippen molar-refractivity contribution in [2.45, 2.75) is 117 Å². The van der Waals surface area contributed by atoms with Crippen molar-refractivity contribution >= 4 is 72.0 Å². The van der Waals surface area contributed by atoms with Crippen molar-refractivity contribution in [1.82, 2.24) is 61.3 Å². The van der Waals surface area contributed by atoms with Gasteiger partial charge in [-0.15, -0.1) is 0 Å². The fourth-order valence-corrected chi connectivity index (χ4v) is 11.1. The first-order valence-corrected chi connectivity index (χ1v) is 35.6. The fraction of sp³-hybridized carbons (Fsp3) is 0.385. The Morgan fingerprint density at radius 2 is 0.333 bits per heavy atom. The Kier molecular flexibility index (Phi) is 33.7. The van der Waals surface area contributed by atoms with Gasteiger partial charge >= 0.3 is 36.6 Å². The topological polar surface area (TPSA) is 352 Å². The first-order valence-electron chi connectivity index (χ1n) is 35.6. The number of alkyl carbamates (subject to hydrolysis) is 6. The van der Waals surface area contributed by atoms with Crippen LogP contribution < -0.4 is 31.9 Å². The van der Waals surface area contributed by atoms with Crippen molar-refractivity contribution in [2.24, 2.45) is 0 Å². The molecule has 1 fully saturated rings. The minimum Gasteiger partial charge on any atom is -0.445 e. The molecular weight excluding hydrogens is 1390 g/mol. The van der Waals surface area contributed by atoms with Gasteiger partial charge in [0.25, 0.3) is 0 Å². The molecule has 0 aromatic heterocycles. The van der Waals surface area contributed by atoms with E-state index in [0.29, 0.717) is 33.4 Å². The second-order valence-corrected chi connectivity index (χ2v) is 25.5. The minimum absolute atomic E-state index is 0.153. The Labute approximate surface area is 628 Å². The predicted octanol–water partition coefficient (Wildman–Crippen LogP) is 6.86. The summed E-state index contributed by atoms with van der Waals surface area (Å²) in [6.07, 6.45) is -5.77. The van der Waals surface area contributed by atoms with E-state index in [2.05, 4.69) is 31.9 Å². The molecule has 0 spiro atoms. The summed E-state index contributed by atoms with van der Waals surface area (Å²) < 4.78 is 33.0. The van der Waals surface area contributed by atoms with E-state index in [4.69, 9.17) is 28.4 Å². The van der Waals surface area contributed by atoms with Crippen LogP contribution in [0.15, 0.2) is 182 Å². The van der Waals surface area contributed by atoms with Gasteiger partial charge in [0.05, 0.1) is 0 Å². The van der Waals surface area contributed by atoms with Gasteiger partial charge in [0.15, 0.2) is 0 Å². The van der Waals surface area contributed by atoms with Gasteiger partial charge in [-0.3, -0.25) is 28.8 Å². The van der Waals surface area contributed by atoms with E-state index >= 15 is 28.8 Å². The number of carbonyl (C=O) groups excluding carboxylic acids is 12. The third kappa shape index (κ3) is 28.7. The molecule has 12 amide bonds. The summed E-state index contributed by atoms with van der Waals surface area (Å²) in [4.78, 5) is 179. The Hall–Kier alpha value is -12.2. The summed E-state index contributed by atoms with van der Waals surface area (Å²) in [6.45, 7) is 3.12. The van der Waals surface area contributed by atoms with E-state index in [1.807, 2.05) is 0 Å². The number of amides is 12. The molecular formula is C78H96N12O18. The quantitative estimate of drug-likeness (QED) is 0.0337. The van der Waals surface area contributed by atoms with Gasteiger partial charge in [0.2, 0.25) is 35.4 Å². The highest BCUT2D eigenvalue weighted by molar-refractivity contribution is 5.90. The van der Waals surface area contributed by atoms with Crippen LogP contribution in [0.25, 0.3) is 0 Å². The van der Waals surface area contributed by atoms with Crippen molar-refractivity contribution in [3.63, 3.8) is 0 Å². The van der Waals surface area contributed by atoms with Crippen LogP contribution >= 0.6 is 0 Å². The van der Waals surface area contributed by atoms with E-state index < -0.39 is 108 Å². The van der Waals surface area contributed by atoms with Crippen molar-refractivity contribution in [2.75, 3.05) is 78.5 Å². The molecule has 1 heterocycles. The molecule has 1 aliphatic rings. The normalized spacial score (nSPS) is 14.8. The number of ether oxygens (including phenoxy) is 6. The number of hydrogen-bond acceptors (Lipinski definition) is 18. The van der Waals surface area contributed by atoms with Gasteiger partial charge in [0.1, 0.15) is 75.9 Å². The average molecular weight is 1490 g/mol. The molecule has 576 valence electrons. The number of rotatable bonds is 24. The van der Waals surface area contributed by atoms with Crippen LogP contribution in [0.4, 0.5) is 28.8 Å². The van der Waals surface area contributed by atoms with E-state index in [1.54, 1.807) is 182 Å². The van der Waals surface area contributed by atoms with Crippen molar-refractivity contribution in [3.8, 4) is 0 Å². The van der Waals surface area contributed by atoms with E-state index in [-0.39, 0.29) is 118 Å². The number of nitrogens with zero attached hydrogens (tertiary/aromatic N) is 6. The lowest BCUT2D eigenvalue weighted by atomic mass is 10.2. The van der Waals surface area contributed by atoms with Crippen LogP contribution in [0.1, 0.15) is 74.9 Å². The largest absolute Gasteiger partial charge is 0.445 e. The van der Waals surface area contributed by atoms with Crippen LogP contribution in [0.3, 0.4) is 0 Å². The van der Waals surface area contributed by atoms with Crippen molar-refractivity contribution in [1.29, 1.82) is 0 Å². The highest BCUT2D eigenvalue weighted by Crippen LogP contribution is 2.14. The maximum Gasteiger partial charge on any atom is 0.408 e. The number of hydrogen-bond donors (Lipinski definition) is 6.